The molecule has 1 aliphatic heterocycles. The third-order valence-electron chi connectivity index (χ3n) is 5.48. The summed E-state index contributed by atoms with van der Waals surface area (Å²) in [6, 6.07) is 8.05. The standard InChI is InChI=1S/C18H27NO4/c1-22-17-12-16(21)18(17)5-7-19(8-6-18)13-14-3-2-4-15(11-14)23-10-9-20/h2-4,11,16-17,20-21H,5-10,12-13H2,1H3/t16-,17+/m0/s1. The van der Waals surface area contributed by atoms with Crippen LogP contribution in [-0.2, 0) is 11.3 Å². The lowest BCUT2D eigenvalue weighted by Crippen LogP contribution is -2.61. The smallest absolute Gasteiger partial charge is 0.119 e. The Morgan fingerprint density at radius 1 is 1.30 bits per heavy atom. The average molecular weight is 321 g/mol. The summed E-state index contributed by atoms with van der Waals surface area (Å²) in [4.78, 5) is 2.42. The predicted octanol–water partition coefficient (Wildman–Crippen LogP) is 1.42. The molecule has 128 valence electrons. The summed E-state index contributed by atoms with van der Waals surface area (Å²) < 4.78 is 11.0. The largest absolute Gasteiger partial charge is 0.491 e. The van der Waals surface area contributed by atoms with E-state index in [1.165, 1.54) is 5.56 Å². The van der Waals surface area contributed by atoms with Crippen LogP contribution in [0.1, 0.15) is 24.8 Å². The molecule has 0 aromatic heterocycles. The molecular formula is C18H27NO4. The normalized spacial score (nSPS) is 26.9. The zero-order valence-corrected chi connectivity index (χ0v) is 13.8. The Hall–Kier alpha value is -1.14. The Bertz CT molecular complexity index is 513. The second-order valence-corrected chi connectivity index (χ2v) is 6.70. The van der Waals surface area contributed by atoms with Gasteiger partial charge in [0, 0.05) is 25.5 Å². The van der Waals surface area contributed by atoms with E-state index in [4.69, 9.17) is 14.6 Å². The van der Waals surface area contributed by atoms with Gasteiger partial charge in [0.1, 0.15) is 12.4 Å². The Balaban J connectivity index is 1.55. The number of ether oxygens (including phenoxy) is 2. The molecule has 1 aromatic carbocycles. The molecule has 1 spiro atoms. The first-order chi connectivity index (χ1) is 11.2. The minimum absolute atomic E-state index is 0.0165. The summed E-state index contributed by atoms with van der Waals surface area (Å²) in [6.45, 7) is 3.21. The van der Waals surface area contributed by atoms with Gasteiger partial charge in [-0.25, -0.2) is 0 Å². The van der Waals surface area contributed by atoms with Gasteiger partial charge in [0.25, 0.3) is 0 Å². The van der Waals surface area contributed by atoms with Crippen molar-refractivity contribution in [1.82, 2.24) is 4.90 Å². The summed E-state index contributed by atoms with van der Waals surface area (Å²) in [5.74, 6) is 0.805. The number of aliphatic hydroxyl groups excluding tert-OH is 2. The van der Waals surface area contributed by atoms with Gasteiger partial charge >= 0.3 is 0 Å². The number of benzene rings is 1. The summed E-state index contributed by atoms with van der Waals surface area (Å²) in [5, 5.41) is 19.0. The SMILES string of the molecule is CO[C@@H]1C[C@H](O)C12CCN(Cc1cccc(OCCO)c1)CC2. The van der Waals surface area contributed by atoms with Gasteiger partial charge < -0.3 is 19.7 Å². The second kappa shape index (κ2) is 7.18. The lowest BCUT2D eigenvalue weighted by molar-refractivity contribution is -0.201. The Morgan fingerprint density at radius 2 is 2.09 bits per heavy atom. The zero-order chi connectivity index (χ0) is 16.3. The molecule has 5 heteroatoms. The monoisotopic (exact) mass is 321 g/mol. The van der Waals surface area contributed by atoms with E-state index in [1.807, 2.05) is 18.2 Å². The Kier molecular flexibility index (Phi) is 5.21. The molecule has 1 heterocycles. The summed E-state index contributed by atoms with van der Waals surface area (Å²) in [6.07, 6.45) is 2.78. The minimum Gasteiger partial charge on any atom is -0.491 e. The maximum absolute atomic E-state index is 10.2. The first-order valence-corrected chi connectivity index (χ1v) is 8.44. The molecule has 2 N–H and O–H groups in total. The van der Waals surface area contributed by atoms with Gasteiger partial charge in [-0.3, -0.25) is 4.90 Å². The number of piperidine rings is 1. The maximum Gasteiger partial charge on any atom is 0.119 e. The van der Waals surface area contributed by atoms with Crippen molar-refractivity contribution >= 4 is 0 Å². The minimum atomic E-state index is -0.204. The summed E-state index contributed by atoms with van der Waals surface area (Å²) >= 11 is 0. The topological polar surface area (TPSA) is 62.2 Å². The molecule has 1 aromatic rings. The van der Waals surface area contributed by atoms with Crippen LogP contribution in [-0.4, -0.2) is 60.7 Å². The van der Waals surface area contributed by atoms with Crippen LogP contribution in [0.15, 0.2) is 24.3 Å². The highest BCUT2D eigenvalue weighted by molar-refractivity contribution is 5.28. The highest BCUT2D eigenvalue weighted by atomic mass is 16.5. The molecule has 23 heavy (non-hydrogen) atoms. The number of nitrogens with zero attached hydrogens (tertiary/aromatic N) is 1. The molecule has 0 unspecified atom stereocenters. The van der Waals surface area contributed by atoms with E-state index in [0.717, 1.165) is 44.6 Å². The van der Waals surface area contributed by atoms with Gasteiger partial charge in [0.05, 0.1) is 18.8 Å². The number of hydrogen-bond donors (Lipinski definition) is 2. The molecule has 1 saturated carbocycles. The van der Waals surface area contributed by atoms with Crippen LogP contribution in [0.5, 0.6) is 5.75 Å². The highest BCUT2D eigenvalue weighted by Crippen LogP contribution is 2.50. The maximum atomic E-state index is 10.2. The fourth-order valence-corrected chi connectivity index (χ4v) is 4.00. The highest BCUT2D eigenvalue weighted by Gasteiger charge is 2.55. The van der Waals surface area contributed by atoms with Crippen LogP contribution in [0.3, 0.4) is 0 Å². The number of aliphatic hydroxyl groups is 2. The summed E-state index contributed by atoms with van der Waals surface area (Å²) in [5.41, 5.74) is 1.20. The van der Waals surface area contributed by atoms with Crippen molar-refractivity contribution in [3.63, 3.8) is 0 Å². The quantitative estimate of drug-likeness (QED) is 0.830. The molecule has 5 nitrogen and oxygen atoms in total. The second-order valence-electron chi connectivity index (χ2n) is 6.70. The van der Waals surface area contributed by atoms with Crippen LogP contribution in [0.4, 0.5) is 0 Å². The van der Waals surface area contributed by atoms with E-state index in [1.54, 1.807) is 7.11 Å². The van der Waals surface area contributed by atoms with Gasteiger partial charge in [-0.15, -0.1) is 0 Å². The van der Waals surface area contributed by atoms with Crippen molar-refractivity contribution in [1.29, 1.82) is 0 Å². The lowest BCUT2D eigenvalue weighted by atomic mass is 9.58. The van der Waals surface area contributed by atoms with Crippen molar-refractivity contribution in [3.8, 4) is 5.75 Å². The van der Waals surface area contributed by atoms with Gasteiger partial charge in [-0.1, -0.05) is 12.1 Å². The van der Waals surface area contributed by atoms with Crippen molar-refractivity contribution in [2.75, 3.05) is 33.4 Å². The molecular weight excluding hydrogens is 294 g/mol. The molecule has 3 rings (SSSR count). The molecule has 2 atom stereocenters. The van der Waals surface area contributed by atoms with Crippen LogP contribution in [0, 0.1) is 5.41 Å². The molecule has 0 bridgehead atoms. The van der Waals surface area contributed by atoms with Gasteiger partial charge in [-0.05, 0) is 43.6 Å². The van der Waals surface area contributed by atoms with E-state index in [9.17, 15) is 5.11 Å². The van der Waals surface area contributed by atoms with Crippen LogP contribution in [0.2, 0.25) is 0 Å². The first-order valence-electron chi connectivity index (χ1n) is 8.44. The van der Waals surface area contributed by atoms with Gasteiger partial charge in [0.15, 0.2) is 0 Å². The Morgan fingerprint density at radius 3 is 2.74 bits per heavy atom. The number of likely N-dealkylation sites (tertiary alicyclic amines) is 1. The fraction of sp³-hybridized carbons (Fsp3) is 0.667. The zero-order valence-electron chi connectivity index (χ0n) is 13.8. The number of methoxy groups -OCH3 is 1. The van der Waals surface area contributed by atoms with Crippen molar-refractivity contribution in [3.05, 3.63) is 29.8 Å². The van der Waals surface area contributed by atoms with E-state index < -0.39 is 0 Å². The van der Waals surface area contributed by atoms with Crippen molar-refractivity contribution in [2.45, 2.75) is 38.0 Å². The third kappa shape index (κ3) is 3.38. The third-order valence-corrected chi connectivity index (χ3v) is 5.48. The molecule has 1 saturated heterocycles. The molecule has 1 aliphatic carbocycles. The van der Waals surface area contributed by atoms with Crippen LogP contribution < -0.4 is 4.74 Å². The molecule has 2 fully saturated rings. The van der Waals surface area contributed by atoms with E-state index in [0.29, 0.717) is 6.61 Å². The van der Waals surface area contributed by atoms with Gasteiger partial charge in [-0.2, -0.15) is 0 Å². The van der Waals surface area contributed by atoms with Crippen LogP contribution in [0.25, 0.3) is 0 Å². The van der Waals surface area contributed by atoms with E-state index in [2.05, 4.69) is 11.0 Å². The Labute approximate surface area is 137 Å². The summed E-state index contributed by atoms with van der Waals surface area (Å²) in [7, 11) is 1.75. The van der Waals surface area contributed by atoms with Crippen molar-refractivity contribution in [2.24, 2.45) is 5.41 Å². The molecule has 2 aliphatic rings. The van der Waals surface area contributed by atoms with Crippen LogP contribution >= 0.6 is 0 Å². The molecule has 0 radical (unpaired) electrons. The fourth-order valence-electron chi connectivity index (χ4n) is 4.00. The van der Waals surface area contributed by atoms with Gasteiger partial charge in [0.2, 0.25) is 0 Å². The van der Waals surface area contributed by atoms with Crippen molar-refractivity contribution < 1.29 is 19.7 Å². The molecule has 0 amide bonds. The predicted molar refractivity (Wildman–Crippen MR) is 87.4 cm³/mol. The first kappa shape index (κ1) is 16.7. The lowest BCUT2D eigenvalue weighted by Gasteiger charge is -2.56. The number of hydrogen-bond acceptors (Lipinski definition) is 5. The van der Waals surface area contributed by atoms with E-state index >= 15 is 0 Å². The van der Waals surface area contributed by atoms with E-state index in [-0.39, 0.29) is 24.2 Å². The number of rotatable bonds is 6. The average Bonchev–Trinajstić information content (AvgIpc) is 2.58.